The van der Waals surface area contributed by atoms with Crippen LogP contribution in [0.3, 0.4) is 0 Å². The Kier molecular flexibility index (Phi) is 1.23. The zero-order chi connectivity index (χ0) is 8.84. The molecule has 2 heteroatoms. The Labute approximate surface area is 77.0 Å². The lowest BCUT2D eigenvalue weighted by atomic mass is 10.1. The van der Waals surface area contributed by atoms with Crippen LogP contribution in [-0.4, -0.2) is 11.5 Å². The number of aromatic amines is 1. The van der Waals surface area contributed by atoms with Crippen molar-refractivity contribution in [1.29, 1.82) is 0 Å². The molecule has 1 aromatic heterocycles. The molecule has 0 bridgehead atoms. The van der Waals surface area contributed by atoms with E-state index in [1.807, 2.05) is 0 Å². The summed E-state index contributed by atoms with van der Waals surface area (Å²) in [5.41, 5.74) is 5.25. The van der Waals surface area contributed by atoms with Gasteiger partial charge in [0.1, 0.15) is 0 Å². The van der Waals surface area contributed by atoms with Crippen molar-refractivity contribution in [2.24, 2.45) is 0 Å². The van der Waals surface area contributed by atoms with E-state index in [4.69, 9.17) is 0 Å². The fraction of sp³-hybridized carbons (Fsp3) is 0.273. The number of anilines is 1. The Morgan fingerprint density at radius 1 is 1.23 bits per heavy atom. The van der Waals surface area contributed by atoms with E-state index in [0.717, 1.165) is 13.0 Å². The van der Waals surface area contributed by atoms with Gasteiger partial charge < -0.3 is 10.3 Å². The maximum atomic E-state index is 3.39. The SMILES string of the molecule is Cc1cc2cc3c(cc2[nH]1)CCN3. The molecule has 0 atom stereocenters. The zero-order valence-corrected chi connectivity index (χ0v) is 7.65. The van der Waals surface area contributed by atoms with Gasteiger partial charge in [0.25, 0.3) is 0 Å². The fourth-order valence-electron chi connectivity index (χ4n) is 2.07. The van der Waals surface area contributed by atoms with E-state index < -0.39 is 0 Å². The number of hydrogen-bond donors (Lipinski definition) is 2. The summed E-state index contributed by atoms with van der Waals surface area (Å²) < 4.78 is 0. The van der Waals surface area contributed by atoms with Crippen LogP contribution in [0.15, 0.2) is 18.2 Å². The van der Waals surface area contributed by atoms with Gasteiger partial charge in [-0.1, -0.05) is 0 Å². The number of rotatable bonds is 0. The second-order valence-electron chi connectivity index (χ2n) is 3.73. The summed E-state index contributed by atoms with van der Waals surface area (Å²) in [5.74, 6) is 0. The molecule has 0 spiro atoms. The average molecular weight is 172 g/mol. The molecule has 0 saturated heterocycles. The molecule has 2 heterocycles. The average Bonchev–Trinajstić information content (AvgIpc) is 2.63. The number of benzene rings is 1. The Bertz CT molecular complexity index is 427. The summed E-state index contributed by atoms with van der Waals surface area (Å²) in [6.07, 6.45) is 1.16. The maximum Gasteiger partial charge on any atom is 0.0460 e. The quantitative estimate of drug-likeness (QED) is 0.627. The molecule has 2 N–H and O–H groups in total. The molecule has 0 fully saturated rings. The predicted octanol–water partition coefficient (Wildman–Crippen LogP) is 2.44. The van der Waals surface area contributed by atoms with Crippen molar-refractivity contribution in [3.63, 3.8) is 0 Å². The third kappa shape index (κ3) is 0.949. The molecule has 2 nitrogen and oxygen atoms in total. The Morgan fingerprint density at radius 2 is 2.15 bits per heavy atom. The van der Waals surface area contributed by atoms with E-state index in [9.17, 15) is 0 Å². The van der Waals surface area contributed by atoms with Crippen molar-refractivity contribution < 1.29 is 0 Å². The summed E-state index contributed by atoms with van der Waals surface area (Å²) in [6, 6.07) is 6.69. The third-order valence-corrected chi connectivity index (χ3v) is 2.69. The van der Waals surface area contributed by atoms with Crippen molar-refractivity contribution in [2.45, 2.75) is 13.3 Å². The normalized spacial score (nSPS) is 14.5. The van der Waals surface area contributed by atoms with Crippen molar-refractivity contribution in [3.05, 3.63) is 29.5 Å². The molecule has 1 aromatic carbocycles. The van der Waals surface area contributed by atoms with E-state index in [1.54, 1.807) is 0 Å². The number of aromatic nitrogens is 1. The van der Waals surface area contributed by atoms with E-state index >= 15 is 0 Å². The largest absolute Gasteiger partial charge is 0.384 e. The predicted molar refractivity (Wildman–Crippen MR) is 55.2 cm³/mol. The van der Waals surface area contributed by atoms with Gasteiger partial charge in [-0.3, -0.25) is 0 Å². The van der Waals surface area contributed by atoms with Crippen LogP contribution in [-0.2, 0) is 6.42 Å². The minimum atomic E-state index is 1.08. The third-order valence-electron chi connectivity index (χ3n) is 2.69. The van der Waals surface area contributed by atoms with E-state index in [0.29, 0.717) is 0 Å². The standard InChI is InChI=1S/C11H12N2/c1-7-4-9-6-10-8(2-3-12-10)5-11(9)13-7/h4-6,12-13H,2-3H2,1H3. The van der Waals surface area contributed by atoms with Gasteiger partial charge >= 0.3 is 0 Å². The molecular weight excluding hydrogens is 160 g/mol. The van der Waals surface area contributed by atoms with Gasteiger partial charge in [0.05, 0.1) is 0 Å². The lowest BCUT2D eigenvalue weighted by Gasteiger charge is -1.98. The lowest BCUT2D eigenvalue weighted by molar-refractivity contribution is 1.11. The molecule has 2 aromatic rings. The minimum absolute atomic E-state index is 1.08. The monoisotopic (exact) mass is 172 g/mol. The van der Waals surface area contributed by atoms with Crippen LogP contribution in [0.5, 0.6) is 0 Å². The molecule has 0 amide bonds. The molecule has 3 rings (SSSR count). The maximum absolute atomic E-state index is 3.39. The molecular formula is C11H12N2. The van der Waals surface area contributed by atoms with Crippen molar-refractivity contribution in [2.75, 3.05) is 11.9 Å². The summed E-state index contributed by atoms with van der Waals surface area (Å²) in [5, 5.41) is 4.70. The van der Waals surface area contributed by atoms with Crippen molar-refractivity contribution in [1.82, 2.24) is 4.98 Å². The highest BCUT2D eigenvalue weighted by atomic mass is 14.9. The first-order valence-electron chi connectivity index (χ1n) is 4.69. The van der Waals surface area contributed by atoms with Crippen molar-refractivity contribution in [3.8, 4) is 0 Å². The molecule has 1 aliphatic rings. The molecule has 0 radical (unpaired) electrons. The van der Waals surface area contributed by atoms with E-state index in [1.165, 1.54) is 27.8 Å². The molecule has 66 valence electrons. The van der Waals surface area contributed by atoms with Gasteiger partial charge in [-0.2, -0.15) is 0 Å². The molecule has 1 aliphatic heterocycles. The molecule has 13 heavy (non-hydrogen) atoms. The molecule has 0 unspecified atom stereocenters. The van der Waals surface area contributed by atoms with E-state index in [-0.39, 0.29) is 0 Å². The lowest BCUT2D eigenvalue weighted by Crippen LogP contribution is -1.90. The summed E-state index contributed by atoms with van der Waals surface area (Å²) in [4.78, 5) is 3.36. The van der Waals surface area contributed by atoms with Gasteiger partial charge in [-0.05, 0) is 37.1 Å². The Balaban J connectivity index is 2.35. The van der Waals surface area contributed by atoms with Crippen molar-refractivity contribution >= 4 is 16.6 Å². The minimum Gasteiger partial charge on any atom is -0.384 e. The fourth-order valence-corrected chi connectivity index (χ4v) is 2.07. The number of hydrogen-bond acceptors (Lipinski definition) is 1. The van der Waals surface area contributed by atoms with Crippen LogP contribution in [0.4, 0.5) is 5.69 Å². The van der Waals surface area contributed by atoms with Crippen LogP contribution in [0.25, 0.3) is 10.9 Å². The summed E-state index contributed by atoms with van der Waals surface area (Å²) in [7, 11) is 0. The van der Waals surface area contributed by atoms with Gasteiger partial charge in [0, 0.05) is 28.8 Å². The van der Waals surface area contributed by atoms with E-state index in [2.05, 4.69) is 35.4 Å². The summed E-state index contributed by atoms with van der Waals surface area (Å²) in [6.45, 7) is 3.18. The number of H-pyrrole nitrogens is 1. The van der Waals surface area contributed by atoms with Crippen LogP contribution in [0.2, 0.25) is 0 Å². The highest BCUT2D eigenvalue weighted by molar-refractivity contribution is 5.86. The van der Waals surface area contributed by atoms with Gasteiger partial charge in [-0.15, -0.1) is 0 Å². The van der Waals surface area contributed by atoms with Crippen LogP contribution >= 0.6 is 0 Å². The second kappa shape index (κ2) is 2.28. The smallest absolute Gasteiger partial charge is 0.0460 e. The van der Waals surface area contributed by atoms with Gasteiger partial charge in [0.2, 0.25) is 0 Å². The first-order valence-corrected chi connectivity index (χ1v) is 4.69. The Hall–Kier alpha value is -1.44. The number of fused-ring (bicyclic) bond motifs is 2. The van der Waals surface area contributed by atoms with Gasteiger partial charge in [-0.25, -0.2) is 0 Å². The molecule has 0 aliphatic carbocycles. The van der Waals surface area contributed by atoms with Crippen LogP contribution in [0, 0.1) is 6.92 Å². The summed E-state index contributed by atoms with van der Waals surface area (Å²) >= 11 is 0. The topological polar surface area (TPSA) is 27.8 Å². The highest BCUT2D eigenvalue weighted by Crippen LogP contribution is 2.28. The van der Waals surface area contributed by atoms with Crippen LogP contribution in [0.1, 0.15) is 11.3 Å². The van der Waals surface area contributed by atoms with Gasteiger partial charge in [0.15, 0.2) is 0 Å². The number of nitrogens with one attached hydrogen (secondary N) is 2. The second-order valence-corrected chi connectivity index (χ2v) is 3.73. The number of aryl methyl sites for hydroxylation is 1. The first kappa shape index (κ1) is 7.01. The first-order chi connectivity index (χ1) is 6.33. The molecule has 0 saturated carbocycles. The zero-order valence-electron chi connectivity index (χ0n) is 7.65. The van der Waals surface area contributed by atoms with Crippen LogP contribution < -0.4 is 5.32 Å². The Morgan fingerprint density at radius 3 is 3.08 bits per heavy atom. The highest BCUT2D eigenvalue weighted by Gasteiger charge is 2.11.